The minimum absolute atomic E-state index is 0.0268. The number of halogens is 1. The molecule has 0 aliphatic carbocycles. The van der Waals surface area contributed by atoms with Gasteiger partial charge in [0.1, 0.15) is 17.5 Å². The highest BCUT2D eigenvalue weighted by Crippen LogP contribution is 2.41. The van der Waals surface area contributed by atoms with Crippen LogP contribution >= 0.6 is 11.6 Å². The number of aromatic hydroxyl groups is 1. The molecule has 2 atom stereocenters. The van der Waals surface area contributed by atoms with Crippen LogP contribution in [0.25, 0.3) is 33.3 Å². The molecule has 4 aromatic rings. The smallest absolute Gasteiger partial charge is 0.141 e. The molecule has 2 aliphatic rings. The Morgan fingerprint density at radius 2 is 2.03 bits per heavy atom. The molecule has 0 saturated carbocycles. The van der Waals surface area contributed by atoms with E-state index in [1.54, 1.807) is 12.1 Å². The molecule has 37 heavy (non-hydrogen) atoms. The summed E-state index contributed by atoms with van der Waals surface area (Å²) in [4.78, 5) is 2.34. The summed E-state index contributed by atoms with van der Waals surface area (Å²) in [6.07, 6.45) is 1.03. The number of phenols is 1. The van der Waals surface area contributed by atoms with Crippen LogP contribution in [0.1, 0.15) is 17.5 Å². The second-order valence-corrected chi connectivity index (χ2v) is 10.1. The Morgan fingerprint density at radius 1 is 1.14 bits per heavy atom. The number of hydrogen-bond acceptors (Lipinski definition) is 7. The number of ether oxygens (including phenoxy) is 1. The summed E-state index contributed by atoms with van der Waals surface area (Å²) >= 11 is 6.45. The third-order valence-corrected chi connectivity index (χ3v) is 7.45. The molecule has 8 heteroatoms. The van der Waals surface area contributed by atoms with E-state index in [4.69, 9.17) is 16.3 Å². The van der Waals surface area contributed by atoms with E-state index in [1.165, 1.54) is 0 Å². The molecule has 6 rings (SSSR count). The van der Waals surface area contributed by atoms with Gasteiger partial charge in [-0.15, -0.1) is 10.2 Å². The maximum Gasteiger partial charge on any atom is 0.141 e. The number of aryl methyl sites for hydroxylation is 1. The van der Waals surface area contributed by atoms with Gasteiger partial charge in [0, 0.05) is 47.2 Å². The van der Waals surface area contributed by atoms with Crippen LogP contribution in [0.5, 0.6) is 5.75 Å². The summed E-state index contributed by atoms with van der Waals surface area (Å²) in [5, 5.41) is 34.6. The maximum absolute atomic E-state index is 10.8. The Morgan fingerprint density at radius 3 is 2.86 bits per heavy atom. The predicted molar refractivity (Wildman–Crippen MR) is 145 cm³/mol. The summed E-state index contributed by atoms with van der Waals surface area (Å²) < 4.78 is 6.14. The number of benzene rings is 3. The lowest BCUT2D eigenvalue weighted by molar-refractivity contribution is -0.00897. The van der Waals surface area contributed by atoms with E-state index in [9.17, 15) is 10.4 Å². The first kappa shape index (κ1) is 23.7. The molecule has 0 radical (unpaired) electrons. The van der Waals surface area contributed by atoms with Crippen molar-refractivity contribution in [2.45, 2.75) is 25.5 Å². The summed E-state index contributed by atoms with van der Waals surface area (Å²) in [7, 11) is 0. The van der Waals surface area contributed by atoms with Gasteiger partial charge in [0.25, 0.3) is 0 Å². The highest BCUT2D eigenvalue weighted by molar-refractivity contribution is 6.31. The Bertz CT molecular complexity index is 1530. The fourth-order valence-electron chi connectivity index (χ4n) is 5.49. The van der Waals surface area contributed by atoms with Crippen molar-refractivity contribution in [1.29, 1.82) is 5.26 Å². The monoisotopic (exact) mass is 511 g/mol. The Balaban J connectivity index is 1.56. The van der Waals surface area contributed by atoms with Crippen LogP contribution in [0.15, 0.2) is 54.6 Å². The van der Waals surface area contributed by atoms with E-state index in [0.717, 1.165) is 65.0 Å². The fraction of sp³-hybridized carbons (Fsp3) is 0.276. The quantitative estimate of drug-likeness (QED) is 0.396. The maximum atomic E-state index is 10.8. The zero-order valence-electron chi connectivity index (χ0n) is 20.4. The van der Waals surface area contributed by atoms with Gasteiger partial charge in [-0.2, -0.15) is 5.26 Å². The van der Waals surface area contributed by atoms with Crippen LogP contribution in [0.3, 0.4) is 0 Å². The van der Waals surface area contributed by atoms with Gasteiger partial charge < -0.3 is 20.1 Å². The van der Waals surface area contributed by atoms with Crippen LogP contribution in [-0.4, -0.2) is 53.7 Å². The molecule has 3 heterocycles. The van der Waals surface area contributed by atoms with Crippen LogP contribution in [0.4, 0.5) is 5.69 Å². The number of phenolic OH excluding ortho intramolecular Hbond substituents is 1. The summed E-state index contributed by atoms with van der Waals surface area (Å²) in [6, 6.07) is 19.4. The van der Waals surface area contributed by atoms with Crippen molar-refractivity contribution in [2.24, 2.45) is 0 Å². The summed E-state index contributed by atoms with van der Waals surface area (Å²) in [5.41, 5.74) is 6.06. The number of morpholine rings is 1. The highest BCUT2D eigenvalue weighted by Gasteiger charge is 2.34. The fourth-order valence-corrected chi connectivity index (χ4v) is 5.78. The van der Waals surface area contributed by atoms with Crippen molar-refractivity contribution < 1.29 is 9.84 Å². The molecule has 1 aromatic heterocycles. The first-order chi connectivity index (χ1) is 18.0. The van der Waals surface area contributed by atoms with E-state index in [2.05, 4.69) is 32.5 Å². The van der Waals surface area contributed by atoms with Crippen molar-refractivity contribution in [2.75, 3.05) is 31.1 Å². The minimum atomic E-state index is -0.0268. The molecule has 2 saturated heterocycles. The minimum Gasteiger partial charge on any atom is -0.506 e. The van der Waals surface area contributed by atoms with Gasteiger partial charge in [-0.25, -0.2) is 0 Å². The average molecular weight is 512 g/mol. The number of para-hydroxylation sites is 1. The molecule has 2 fully saturated rings. The number of nitrogens with zero attached hydrogens (tertiary/aromatic N) is 4. The van der Waals surface area contributed by atoms with Crippen LogP contribution in [0.2, 0.25) is 5.02 Å². The molecule has 0 spiro atoms. The largest absolute Gasteiger partial charge is 0.506 e. The van der Waals surface area contributed by atoms with E-state index < -0.39 is 0 Å². The Labute approximate surface area is 220 Å². The highest BCUT2D eigenvalue weighted by atomic mass is 35.5. The van der Waals surface area contributed by atoms with Gasteiger partial charge in [-0.1, -0.05) is 29.8 Å². The molecule has 2 unspecified atom stereocenters. The van der Waals surface area contributed by atoms with Crippen LogP contribution < -0.4 is 10.2 Å². The average Bonchev–Trinajstić information content (AvgIpc) is 2.91. The Kier molecular flexibility index (Phi) is 6.17. The molecular formula is C29H26ClN5O2. The third-order valence-electron chi connectivity index (χ3n) is 7.23. The first-order valence-corrected chi connectivity index (χ1v) is 12.8. The van der Waals surface area contributed by atoms with Crippen LogP contribution in [0, 0.1) is 18.3 Å². The second kappa shape index (κ2) is 9.64. The van der Waals surface area contributed by atoms with Gasteiger partial charge in [0.15, 0.2) is 0 Å². The van der Waals surface area contributed by atoms with Crippen molar-refractivity contribution in [3.63, 3.8) is 0 Å². The van der Waals surface area contributed by atoms with Crippen molar-refractivity contribution >= 4 is 28.2 Å². The second-order valence-electron chi connectivity index (χ2n) is 9.66. The van der Waals surface area contributed by atoms with E-state index >= 15 is 0 Å². The van der Waals surface area contributed by atoms with Crippen molar-refractivity contribution in [1.82, 2.24) is 15.5 Å². The Hall–Kier alpha value is -3.70. The zero-order chi connectivity index (χ0) is 25.5. The first-order valence-electron chi connectivity index (χ1n) is 12.4. The molecule has 0 amide bonds. The standard InChI is InChI=1S/C29H26ClN5O2/c1-17-11-20(13-21(30)12-17)27-28(35-9-7-25-26(16-35)37-10-8-32-25)23-14-18(5-6-24(23)33-34-27)22-4-2-3-19(15-31)29(22)36/h2-6,11-14,25-26,32,36H,7-10,16H2,1H3. The molecular weight excluding hydrogens is 486 g/mol. The SMILES string of the molecule is Cc1cc(Cl)cc(-c2nnc3ccc(-c4cccc(C#N)c4O)cc3c2N2CCC3NCCOC3C2)c1. The predicted octanol–water partition coefficient (Wildman–Crippen LogP) is 5.07. The lowest BCUT2D eigenvalue weighted by atomic mass is 9.95. The molecule has 2 aliphatic heterocycles. The topological polar surface area (TPSA) is 94.3 Å². The molecule has 3 aromatic carbocycles. The lowest BCUT2D eigenvalue weighted by Gasteiger charge is -2.43. The summed E-state index contributed by atoms with van der Waals surface area (Å²) in [6.45, 7) is 5.15. The van der Waals surface area contributed by atoms with Crippen LogP contribution in [-0.2, 0) is 4.74 Å². The van der Waals surface area contributed by atoms with E-state index in [1.807, 2.05) is 43.3 Å². The number of hydrogen-bond donors (Lipinski definition) is 2. The number of nitrogens with one attached hydrogen (secondary N) is 1. The normalized spacial score (nSPS) is 19.4. The number of anilines is 1. The van der Waals surface area contributed by atoms with Crippen molar-refractivity contribution in [3.8, 4) is 34.2 Å². The zero-order valence-corrected chi connectivity index (χ0v) is 21.2. The summed E-state index contributed by atoms with van der Waals surface area (Å²) in [5.74, 6) is -0.0268. The number of piperidine rings is 1. The number of fused-ring (bicyclic) bond motifs is 2. The lowest BCUT2D eigenvalue weighted by Crippen LogP contribution is -2.57. The molecule has 0 bridgehead atoms. The van der Waals surface area contributed by atoms with Gasteiger partial charge >= 0.3 is 0 Å². The van der Waals surface area contributed by atoms with Crippen molar-refractivity contribution in [3.05, 3.63) is 70.7 Å². The van der Waals surface area contributed by atoms with E-state index in [0.29, 0.717) is 23.2 Å². The van der Waals surface area contributed by atoms with Gasteiger partial charge in [-0.05, 0) is 60.9 Å². The number of rotatable bonds is 3. The van der Waals surface area contributed by atoms with Gasteiger partial charge in [0.05, 0.1) is 29.5 Å². The number of aromatic nitrogens is 2. The molecule has 186 valence electrons. The van der Waals surface area contributed by atoms with Gasteiger partial charge in [0.2, 0.25) is 0 Å². The third kappa shape index (κ3) is 4.38. The molecule has 2 N–H and O–H groups in total. The van der Waals surface area contributed by atoms with Gasteiger partial charge in [-0.3, -0.25) is 0 Å². The number of nitriles is 1. The van der Waals surface area contributed by atoms with E-state index in [-0.39, 0.29) is 17.4 Å². The molecule has 7 nitrogen and oxygen atoms in total.